The van der Waals surface area contributed by atoms with Gasteiger partial charge < -0.3 is 36.2 Å². The molecule has 1 saturated carbocycles. The van der Waals surface area contributed by atoms with Crippen LogP contribution in [0.15, 0.2) is 42.5 Å². The fraction of sp³-hybridized carbons (Fsp3) is 0.500. The van der Waals surface area contributed by atoms with Crippen LogP contribution in [-0.4, -0.2) is 57.5 Å². The van der Waals surface area contributed by atoms with E-state index in [1.807, 2.05) is 6.07 Å². The van der Waals surface area contributed by atoms with Crippen molar-refractivity contribution < 1.29 is 25.2 Å². The molecule has 0 radical (unpaired) electrons. The number of nitrogens with two attached hydrogens (primary N) is 1. The first-order valence-corrected chi connectivity index (χ1v) is 11.0. The number of hydrogen-bond donors (Lipinski definition) is 6. The summed E-state index contributed by atoms with van der Waals surface area (Å²) in [6.45, 7) is -0.454. The fourth-order valence-electron chi connectivity index (χ4n) is 4.58. The third-order valence-electron chi connectivity index (χ3n) is 6.46. The van der Waals surface area contributed by atoms with Crippen LogP contribution in [0.4, 0.5) is 11.4 Å². The van der Waals surface area contributed by atoms with Gasteiger partial charge in [0.05, 0.1) is 6.61 Å². The Kier molecular flexibility index (Phi) is 6.79. The Labute approximate surface area is 182 Å². The highest BCUT2D eigenvalue weighted by Gasteiger charge is 2.44. The minimum atomic E-state index is -1.41. The van der Waals surface area contributed by atoms with Crippen LogP contribution in [0.5, 0.6) is 0 Å². The lowest BCUT2D eigenvalue weighted by Gasteiger charge is -2.40. The highest BCUT2D eigenvalue weighted by atomic mass is 16.5. The molecule has 2 aromatic carbocycles. The minimum Gasteiger partial charge on any atom is -0.398 e. The van der Waals surface area contributed by atoms with Crippen molar-refractivity contribution in [2.75, 3.05) is 17.7 Å². The van der Waals surface area contributed by atoms with E-state index in [0.717, 1.165) is 16.8 Å². The van der Waals surface area contributed by atoms with Gasteiger partial charge in [0.1, 0.15) is 30.5 Å². The molecule has 1 heterocycles. The average molecular weight is 429 g/mol. The smallest absolute Gasteiger partial charge is 0.113 e. The van der Waals surface area contributed by atoms with Crippen LogP contribution in [0, 0.1) is 0 Å². The molecule has 7 heteroatoms. The van der Waals surface area contributed by atoms with Crippen LogP contribution in [-0.2, 0) is 11.2 Å². The van der Waals surface area contributed by atoms with Crippen LogP contribution in [0.3, 0.4) is 0 Å². The van der Waals surface area contributed by atoms with Crippen molar-refractivity contribution >= 4 is 11.4 Å². The molecule has 1 aliphatic heterocycles. The van der Waals surface area contributed by atoms with Gasteiger partial charge in [0.2, 0.25) is 0 Å². The second-order valence-corrected chi connectivity index (χ2v) is 8.71. The molecule has 7 N–H and O–H groups in total. The molecule has 0 amide bonds. The van der Waals surface area contributed by atoms with E-state index in [0.29, 0.717) is 23.7 Å². The lowest BCUT2D eigenvalue weighted by Crippen LogP contribution is -2.55. The molecule has 0 bridgehead atoms. The predicted molar refractivity (Wildman–Crippen MR) is 119 cm³/mol. The van der Waals surface area contributed by atoms with E-state index >= 15 is 0 Å². The van der Waals surface area contributed by atoms with Crippen LogP contribution >= 0.6 is 0 Å². The van der Waals surface area contributed by atoms with Crippen molar-refractivity contribution in [2.45, 2.75) is 68.7 Å². The molecule has 1 saturated heterocycles. The van der Waals surface area contributed by atoms with E-state index in [-0.39, 0.29) is 0 Å². The molecule has 2 aliphatic rings. The molecule has 1 aliphatic carbocycles. The molecule has 4 rings (SSSR count). The third kappa shape index (κ3) is 4.86. The molecule has 2 aromatic rings. The number of anilines is 2. The zero-order valence-corrected chi connectivity index (χ0v) is 17.5. The number of nitrogen functional groups attached to an aromatic ring is 1. The monoisotopic (exact) mass is 428 g/mol. The van der Waals surface area contributed by atoms with E-state index in [1.165, 1.54) is 25.7 Å². The van der Waals surface area contributed by atoms with Crippen molar-refractivity contribution in [2.24, 2.45) is 0 Å². The zero-order valence-electron chi connectivity index (χ0n) is 17.5. The third-order valence-corrected chi connectivity index (χ3v) is 6.46. The summed E-state index contributed by atoms with van der Waals surface area (Å²) in [7, 11) is 0. The van der Waals surface area contributed by atoms with E-state index in [4.69, 9.17) is 10.5 Å². The molecule has 0 unspecified atom stereocenters. The number of rotatable bonds is 6. The molecular formula is C24H32N2O5. The molecular weight excluding hydrogens is 396 g/mol. The summed E-state index contributed by atoms with van der Waals surface area (Å²) in [5, 5.41) is 43.5. The summed E-state index contributed by atoms with van der Waals surface area (Å²) in [5.74, 6) is 0. The van der Waals surface area contributed by atoms with E-state index in [9.17, 15) is 20.4 Å². The van der Waals surface area contributed by atoms with Gasteiger partial charge in [0.15, 0.2) is 0 Å². The Morgan fingerprint density at radius 3 is 2.32 bits per heavy atom. The van der Waals surface area contributed by atoms with Crippen molar-refractivity contribution in [3.05, 3.63) is 59.2 Å². The molecule has 31 heavy (non-hydrogen) atoms. The van der Waals surface area contributed by atoms with E-state index in [2.05, 4.69) is 29.6 Å². The van der Waals surface area contributed by atoms with E-state index < -0.39 is 37.1 Å². The van der Waals surface area contributed by atoms with Crippen molar-refractivity contribution in [1.82, 2.24) is 0 Å². The second kappa shape index (κ2) is 9.54. The zero-order chi connectivity index (χ0) is 22.0. The van der Waals surface area contributed by atoms with Crippen LogP contribution < -0.4 is 11.1 Å². The molecule has 0 spiro atoms. The summed E-state index contributed by atoms with van der Waals surface area (Å²) >= 11 is 0. The summed E-state index contributed by atoms with van der Waals surface area (Å²) in [6, 6.07) is 14.2. The second-order valence-electron chi connectivity index (χ2n) is 8.71. The van der Waals surface area contributed by atoms with Gasteiger partial charge in [-0.3, -0.25) is 0 Å². The quantitative estimate of drug-likeness (QED) is 0.387. The Bertz CT molecular complexity index is 867. The largest absolute Gasteiger partial charge is 0.398 e. The number of aliphatic hydroxyl groups is 4. The van der Waals surface area contributed by atoms with Gasteiger partial charge in [-0.1, -0.05) is 37.1 Å². The molecule has 2 fully saturated rings. The Balaban J connectivity index is 1.49. The highest BCUT2D eigenvalue weighted by Crippen LogP contribution is 2.34. The van der Waals surface area contributed by atoms with Gasteiger partial charge in [-0.2, -0.15) is 0 Å². The number of benzene rings is 2. The van der Waals surface area contributed by atoms with Gasteiger partial charge in [-0.25, -0.2) is 0 Å². The van der Waals surface area contributed by atoms with E-state index in [1.54, 1.807) is 12.1 Å². The predicted octanol–water partition coefficient (Wildman–Crippen LogP) is 1.73. The first kappa shape index (κ1) is 22.0. The standard InChI is InChI=1S/C24H32N2O5/c25-19-10-7-15(24-23(30)22(29)21(28)20(13-27)31-24)12-16(19)11-14-5-8-18(9-6-14)26-17-3-1-2-4-17/h5-10,12,17,20-24,26-30H,1-4,11,13,25H2/t20-,21-,22+,23-,24+/m1/s1. The number of ether oxygens (including phenoxy) is 1. The SMILES string of the molecule is Nc1ccc([C@@H]2O[C@H](CO)[C@@H](O)[C@H](O)[C@H]2O)cc1Cc1ccc(NC2CCCC2)cc1. The van der Waals surface area contributed by atoms with Gasteiger partial charge in [-0.15, -0.1) is 0 Å². The molecule has 7 nitrogen and oxygen atoms in total. The van der Waals surface area contributed by atoms with Crippen molar-refractivity contribution in [3.63, 3.8) is 0 Å². The Morgan fingerprint density at radius 1 is 0.935 bits per heavy atom. The lowest BCUT2D eigenvalue weighted by atomic mass is 9.89. The van der Waals surface area contributed by atoms with Gasteiger partial charge in [-0.05, 0) is 54.2 Å². The average Bonchev–Trinajstić information content (AvgIpc) is 3.28. The van der Waals surface area contributed by atoms with Crippen molar-refractivity contribution in [1.29, 1.82) is 0 Å². The first-order valence-electron chi connectivity index (χ1n) is 11.0. The maximum Gasteiger partial charge on any atom is 0.113 e. The normalized spacial score (nSPS) is 29.2. The summed E-state index contributed by atoms with van der Waals surface area (Å²) in [6.07, 6.45) is -0.253. The first-order chi connectivity index (χ1) is 15.0. The topological polar surface area (TPSA) is 128 Å². The van der Waals surface area contributed by atoms with Gasteiger partial charge >= 0.3 is 0 Å². The van der Waals surface area contributed by atoms with Gasteiger partial charge in [0.25, 0.3) is 0 Å². The van der Waals surface area contributed by atoms with Gasteiger partial charge in [0, 0.05) is 17.4 Å². The minimum absolute atomic E-state index is 0.454. The Morgan fingerprint density at radius 2 is 1.65 bits per heavy atom. The molecule has 5 atom stereocenters. The summed E-state index contributed by atoms with van der Waals surface area (Å²) in [4.78, 5) is 0. The maximum absolute atomic E-state index is 10.4. The number of aliphatic hydroxyl groups excluding tert-OH is 4. The summed E-state index contributed by atoms with van der Waals surface area (Å²) in [5.41, 5.74) is 10.6. The van der Waals surface area contributed by atoms with Crippen LogP contribution in [0.25, 0.3) is 0 Å². The summed E-state index contributed by atoms with van der Waals surface area (Å²) < 4.78 is 5.68. The van der Waals surface area contributed by atoms with Crippen LogP contribution in [0.2, 0.25) is 0 Å². The maximum atomic E-state index is 10.4. The lowest BCUT2D eigenvalue weighted by molar-refractivity contribution is -0.231. The van der Waals surface area contributed by atoms with Crippen LogP contribution in [0.1, 0.15) is 48.5 Å². The molecule has 168 valence electrons. The van der Waals surface area contributed by atoms with Crippen molar-refractivity contribution in [3.8, 4) is 0 Å². The molecule has 0 aromatic heterocycles. The fourth-order valence-corrected chi connectivity index (χ4v) is 4.58. The Hall–Kier alpha value is -2.16. The number of nitrogens with one attached hydrogen (secondary N) is 1. The number of hydrogen-bond acceptors (Lipinski definition) is 7. The highest BCUT2D eigenvalue weighted by molar-refractivity contribution is 5.52.